The molecule has 0 spiro atoms. The first kappa shape index (κ1) is 24.0. The molecule has 6 rings (SSSR count). The van der Waals surface area contributed by atoms with Crippen molar-refractivity contribution in [1.29, 1.82) is 0 Å². The molecule has 0 saturated carbocycles. The van der Waals surface area contributed by atoms with E-state index in [0.29, 0.717) is 24.5 Å². The van der Waals surface area contributed by atoms with E-state index in [9.17, 15) is 4.79 Å². The summed E-state index contributed by atoms with van der Waals surface area (Å²) in [7, 11) is 0. The van der Waals surface area contributed by atoms with Crippen molar-refractivity contribution in [2.75, 3.05) is 33.0 Å². The summed E-state index contributed by atoms with van der Waals surface area (Å²) in [5, 5.41) is 12.2. The molecule has 0 unspecified atom stereocenters. The van der Waals surface area contributed by atoms with Crippen LogP contribution in [0, 0.1) is 6.92 Å². The number of ether oxygens (including phenoxy) is 2. The number of thiazole rings is 1. The molecular weight excluding hydrogens is 508 g/mol. The van der Waals surface area contributed by atoms with E-state index in [2.05, 4.69) is 26.1 Å². The van der Waals surface area contributed by atoms with Crippen LogP contribution in [-0.4, -0.2) is 68.4 Å². The van der Waals surface area contributed by atoms with E-state index in [1.165, 1.54) is 16.9 Å². The molecule has 2 aromatic heterocycles. The van der Waals surface area contributed by atoms with Crippen LogP contribution in [-0.2, 0) is 12.3 Å². The Bertz CT molecular complexity index is 1400. The van der Waals surface area contributed by atoms with Crippen LogP contribution in [0.2, 0.25) is 0 Å². The van der Waals surface area contributed by atoms with Gasteiger partial charge < -0.3 is 14.4 Å². The average molecular weight is 535 g/mol. The minimum absolute atomic E-state index is 0.00136. The molecular formula is C26H26N6O3S2. The van der Waals surface area contributed by atoms with Crippen molar-refractivity contribution in [3.05, 3.63) is 76.0 Å². The maximum absolute atomic E-state index is 13.1. The van der Waals surface area contributed by atoms with Crippen molar-refractivity contribution in [2.24, 2.45) is 0 Å². The van der Waals surface area contributed by atoms with Gasteiger partial charge >= 0.3 is 0 Å². The van der Waals surface area contributed by atoms with E-state index in [4.69, 9.17) is 9.47 Å². The molecule has 0 bridgehead atoms. The third kappa shape index (κ3) is 5.20. The predicted octanol–water partition coefficient (Wildman–Crippen LogP) is 4.01. The van der Waals surface area contributed by atoms with Crippen LogP contribution in [0.5, 0.6) is 11.5 Å². The standard InChI is InChI=1S/C26H26N6O3S2/c1-18-28-29-26(32(18)20-5-3-2-4-6-20)37-16-24-27-21(15-36-24)25(33)31-11-9-30(10-12-31)14-19-7-8-22-23(13-19)35-17-34-22/h2-8,13,15H,9-12,14,16-17H2,1H3. The fourth-order valence-electron chi connectivity index (χ4n) is 4.48. The topological polar surface area (TPSA) is 85.6 Å². The summed E-state index contributed by atoms with van der Waals surface area (Å²) in [4.78, 5) is 22.0. The zero-order valence-corrected chi connectivity index (χ0v) is 22.0. The van der Waals surface area contributed by atoms with Crippen LogP contribution in [0.4, 0.5) is 0 Å². The fraction of sp³-hybridized carbons (Fsp3) is 0.308. The van der Waals surface area contributed by atoms with Crippen LogP contribution in [0.3, 0.4) is 0 Å². The Kier molecular flexibility index (Phi) is 6.81. The Morgan fingerprint density at radius 3 is 2.68 bits per heavy atom. The number of fused-ring (bicyclic) bond motifs is 1. The number of piperazine rings is 1. The molecule has 1 fully saturated rings. The Morgan fingerprint density at radius 1 is 1.03 bits per heavy atom. The van der Waals surface area contributed by atoms with Gasteiger partial charge in [-0.3, -0.25) is 14.3 Å². The Hall–Kier alpha value is -3.41. The van der Waals surface area contributed by atoms with E-state index >= 15 is 0 Å². The molecule has 9 nitrogen and oxygen atoms in total. The lowest BCUT2D eigenvalue weighted by Gasteiger charge is -2.34. The number of hydrogen-bond donors (Lipinski definition) is 0. The molecule has 0 aliphatic carbocycles. The number of nitrogens with zero attached hydrogens (tertiary/aromatic N) is 6. The molecule has 0 N–H and O–H groups in total. The first-order valence-corrected chi connectivity index (χ1v) is 14.0. The second-order valence-corrected chi connectivity index (χ2v) is 10.8. The van der Waals surface area contributed by atoms with Gasteiger partial charge in [0.1, 0.15) is 16.5 Å². The summed E-state index contributed by atoms with van der Waals surface area (Å²) in [6.07, 6.45) is 0. The van der Waals surface area contributed by atoms with Crippen LogP contribution in [0.1, 0.15) is 26.9 Å². The van der Waals surface area contributed by atoms with Crippen LogP contribution in [0.25, 0.3) is 5.69 Å². The second kappa shape index (κ2) is 10.5. The lowest BCUT2D eigenvalue weighted by molar-refractivity contribution is 0.0623. The third-order valence-corrected chi connectivity index (χ3v) is 8.38. The summed E-state index contributed by atoms with van der Waals surface area (Å²) >= 11 is 3.09. The Labute approximate surface area is 223 Å². The molecule has 1 amide bonds. The van der Waals surface area contributed by atoms with Gasteiger partial charge in [-0.15, -0.1) is 21.5 Å². The van der Waals surface area contributed by atoms with Gasteiger partial charge in [-0.1, -0.05) is 36.0 Å². The molecule has 2 aliphatic heterocycles. The molecule has 0 atom stereocenters. The molecule has 4 heterocycles. The summed E-state index contributed by atoms with van der Waals surface area (Å²) in [5.74, 6) is 3.07. The highest BCUT2D eigenvalue weighted by molar-refractivity contribution is 7.98. The lowest BCUT2D eigenvalue weighted by Crippen LogP contribution is -2.48. The summed E-state index contributed by atoms with van der Waals surface area (Å²) in [5.41, 5.74) is 2.73. The van der Waals surface area contributed by atoms with Crippen LogP contribution >= 0.6 is 23.1 Å². The van der Waals surface area contributed by atoms with Gasteiger partial charge in [-0.2, -0.15) is 0 Å². The predicted molar refractivity (Wildman–Crippen MR) is 142 cm³/mol. The van der Waals surface area contributed by atoms with Gasteiger partial charge in [0.05, 0.1) is 5.75 Å². The number of amides is 1. The summed E-state index contributed by atoms with van der Waals surface area (Å²) in [6.45, 7) is 6.06. The molecule has 37 heavy (non-hydrogen) atoms. The number of para-hydroxylation sites is 1. The number of rotatable bonds is 7. The summed E-state index contributed by atoms with van der Waals surface area (Å²) < 4.78 is 12.9. The van der Waals surface area contributed by atoms with E-state index in [-0.39, 0.29) is 12.7 Å². The monoisotopic (exact) mass is 534 g/mol. The number of hydrogen-bond acceptors (Lipinski definition) is 9. The average Bonchev–Trinajstić information content (AvgIpc) is 3.68. The molecule has 1 saturated heterocycles. The molecule has 4 aromatic rings. The minimum Gasteiger partial charge on any atom is -0.454 e. The van der Waals surface area contributed by atoms with E-state index < -0.39 is 0 Å². The molecule has 2 aromatic carbocycles. The quantitative estimate of drug-likeness (QED) is 0.329. The number of carbonyl (C=O) groups is 1. The van der Waals surface area contributed by atoms with Gasteiger partial charge in [0.15, 0.2) is 16.7 Å². The van der Waals surface area contributed by atoms with Gasteiger partial charge in [-0.05, 0) is 36.8 Å². The number of aromatic nitrogens is 4. The highest BCUT2D eigenvalue weighted by atomic mass is 32.2. The van der Waals surface area contributed by atoms with E-state index in [1.54, 1.807) is 11.8 Å². The van der Waals surface area contributed by atoms with Crippen molar-refractivity contribution in [1.82, 2.24) is 29.5 Å². The van der Waals surface area contributed by atoms with Crippen LogP contribution < -0.4 is 9.47 Å². The van der Waals surface area contributed by atoms with Crippen molar-refractivity contribution in [2.45, 2.75) is 24.4 Å². The number of aryl methyl sites for hydroxylation is 1. The largest absolute Gasteiger partial charge is 0.454 e. The fourth-order valence-corrected chi connectivity index (χ4v) is 6.26. The van der Waals surface area contributed by atoms with Crippen LogP contribution in [0.15, 0.2) is 59.1 Å². The van der Waals surface area contributed by atoms with Crippen molar-refractivity contribution < 1.29 is 14.3 Å². The van der Waals surface area contributed by atoms with E-state index in [0.717, 1.165) is 52.8 Å². The highest BCUT2D eigenvalue weighted by Crippen LogP contribution is 2.33. The first-order valence-electron chi connectivity index (χ1n) is 12.1. The summed E-state index contributed by atoms with van der Waals surface area (Å²) in [6, 6.07) is 16.1. The Morgan fingerprint density at radius 2 is 1.84 bits per heavy atom. The maximum atomic E-state index is 13.1. The molecule has 0 radical (unpaired) electrons. The van der Waals surface area contributed by atoms with Crippen molar-refractivity contribution >= 4 is 29.0 Å². The van der Waals surface area contributed by atoms with Crippen molar-refractivity contribution in [3.63, 3.8) is 0 Å². The molecule has 11 heteroatoms. The number of carbonyl (C=O) groups excluding carboxylic acids is 1. The van der Waals surface area contributed by atoms with Gasteiger partial charge in [0.25, 0.3) is 5.91 Å². The maximum Gasteiger partial charge on any atom is 0.273 e. The van der Waals surface area contributed by atoms with Gasteiger partial charge in [-0.25, -0.2) is 4.98 Å². The SMILES string of the molecule is Cc1nnc(SCc2nc(C(=O)N3CCN(Cc4ccc5c(c4)OCO5)CC3)cs2)n1-c1ccccc1. The minimum atomic E-state index is -0.00136. The molecule has 190 valence electrons. The number of benzene rings is 2. The Balaban J connectivity index is 1.03. The van der Waals surface area contributed by atoms with E-state index in [1.807, 2.05) is 64.2 Å². The second-order valence-electron chi connectivity index (χ2n) is 8.87. The molecule has 2 aliphatic rings. The van der Waals surface area contributed by atoms with Gasteiger partial charge in [0.2, 0.25) is 6.79 Å². The lowest BCUT2D eigenvalue weighted by atomic mass is 10.1. The van der Waals surface area contributed by atoms with Gasteiger partial charge in [0, 0.05) is 43.8 Å². The zero-order chi connectivity index (χ0) is 25.2. The normalized spacial score (nSPS) is 15.3. The first-order chi connectivity index (χ1) is 18.1. The van der Waals surface area contributed by atoms with Crippen molar-refractivity contribution in [3.8, 4) is 17.2 Å². The number of thioether (sulfide) groups is 1. The smallest absolute Gasteiger partial charge is 0.273 e. The zero-order valence-electron chi connectivity index (χ0n) is 20.4. The highest BCUT2D eigenvalue weighted by Gasteiger charge is 2.25. The third-order valence-electron chi connectivity index (χ3n) is 6.41.